The van der Waals surface area contributed by atoms with Gasteiger partial charge in [-0.15, -0.1) is 0 Å². The maximum Gasteiger partial charge on any atom is 0.310 e. The molecular weight excluding hydrogens is 258 g/mol. The van der Waals surface area contributed by atoms with Gasteiger partial charge in [0.1, 0.15) is 0 Å². The summed E-state index contributed by atoms with van der Waals surface area (Å²) in [6.45, 7) is 3.87. The summed E-state index contributed by atoms with van der Waals surface area (Å²) in [5, 5.41) is 22.5. The summed E-state index contributed by atoms with van der Waals surface area (Å²) in [7, 11) is 0. The SMILES string of the molecule is CCNCc1ccc([N+](=O)[O-])c(OCCCCC#N)c1. The van der Waals surface area contributed by atoms with E-state index < -0.39 is 4.92 Å². The maximum atomic E-state index is 10.9. The minimum atomic E-state index is -0.443. The Balaban J connectivity index is 2.68. The third-order valence-electron chi connectivity index (χ3n) is 2.74. The Bertz CT molecular complexity index is 483. The van der Waals surface area contributed by atoms with Crippen molar-refractivity contribution in [1.82, 2.24) is 5.32 Å². The van der Waals surface area contributed by atoms with E-state index in [1.807, 2.05) is 6.92 Å². The van der Waals surface area contributed by atoms with Gasteiger partial charge >= 0.3 is 5.69 Å². The number of nitriles is 1. The largest absolute Gasteiger partial charge is 0.487 e. The summed E-state index contributed by atoms with van der Waals surface area (Å²) in [4.78, 5) is 10.5. The molecule has 0 radical (unpaired) electrons. The van der Waals surface area contributed by atoms with Gasteiger partial charge in [-0.2, -0.15) is 5.26 Å². The lowest BCUT2D eigenvalue weighted by molar-refractivity contribution is -0.385. The minimum absolute atomic E-state index is 0.0227. The first-order chi connectivity index (χ1) is 9.69. The molecular formula is C14H19N3O3. The second-order valence-electron chi connectivity index (χ2n) is 4.30. The third kappa shape index (κ3) is 5.24. The summed E-state index contributed by atoms with van der Waals surface area (Å²) in [6, 6.07) is 6.95. The minimum Gasteiger partial charge on any atom is -0.487 e. The van der Waals surface area contributed by atoms with Crippen molar-refractivity contribution in [1.29, 1.82) is 5.26 Å². The second-order valence-corrected chi connectivity index (χ2v) is 4.30. The van der Waals surface area contributed by atoms with Gasteiger partial charge in [0.05, 0.1) is 17.6 Å². The molecule has 6 nitrogen and oxygen atoms in total. The average Bonchev–Trinajstić information content (AvgIpc) is 2.44. The van der Waals surface area contributed by atoms with Gasteiger partial charge in [0.15, 0.2) is 5.75 Å². The number of rotatable bonds is 9. The molecule has 0 heterocycles. The zero-order chi connectivity index (χ0) is 14.8. The molecule has 108 valence electrons. The van der Waals surface area contributed by atoms with Gasteiger partial charge in [-0.05, 0) is 31.0 Å². The smallest absolute Gasteiger partial charge is 0.310 e. The molecule has 0 atom stereocenters. The van der Waals surface area contributed by atoms with Gasteiger partial charge in [0.25, 0.3) is 0 Å². The Labute approximate surface area is 118 Å². The van der Waals surface area contributed by atoms with Crippen molar-refractivity contribution in [2.75, 3.05) is 13.2 Å². The van der Waals surface area contributed by atoms with Gasteiger partial charge in [-0.3, -0.25) is 10.1 Å². The Morgan fingerprint density at radius 3 is 2.90 bits per heavy atom. The van der Waals surface area contributed by atoms with E-state index in [2.05, 4.69) is 11.4 Å². The molecule has 0 aliphatic rings. The van der Waals surface area contributed by atoms with E-state index in [-0.39, 0.29) is 5.69 Å². The van der Waals surface area contributed by atoms with Gasteiger partial charge < -0.3 is 10.1 Å². The number of unbranched alkanes of at least 4 members (excludes halogenated alkanes) is 2. The van der Waals surface area contributed by atoms with Gasteiger partial charge in [0, 0.05) is 19.0 Å². The van der Waals surface area contributed by atoms with Crippen LogP contribution in [0.4, 0.5) is 5.69 Å². The number of nitrogens with zero attached hydrogens (tertiary/aromatic N) is 2. The average molecular weight is 277 g/mol. The van der Waals surface area contributed by atoms with E-state index in [0.717, 1.165) is 18.5 Å². The lowest BCUT2D eigenvalue weighted by Crippen LogP contribution is -2.12. The van der Waals surface area contributed by atoms with Crippen LogP contribution in [0.15, 0.2) is 18.2 Å². The Hall–Kier alpha value is -2.13. The standard InChI is InChI=1S/C14H19N3O3/c1-2-16-11-12-6-7-13(17(18)19)14(10-12)20-9-5-3-4-8-15/h6-7,10,16H,2-5,9,11H2,1H3. The molecule has 0 bridgehead atoms. The predicted molar refractivity (Wildman–Crippen MR) is 75.4 cm³/mol. The highest BCUT2D eigenvalue weighted by atomic mass is 16.6. The number of ether oxygens (including phenoxy) is 1. The molecule has 0 saturated heterocycles. The van der Waals surface area contributed by atoms with Crippen LogP contribution in [0.1, 0.15) is 31.7 Å². The lowest BCUT2D eigenvalue weighted by Gasteiger charge is -2.09. The Kier molecular flexibility index (Phi) is 7.07. The predicted octanol–water partition coefficient (Wildman–Crippen LogP) is 2.78. The molecule has 0 aliphatic heterocycles. The van der Waals surface area contributed by atoms with Crippen LogP contribution in [-0.2, 0) is 6.54 Å². The number of nitro benzene ring substituents is 1. The monoisotopic (exact) mass is 277 g/mol. The maximum absolute atomic E-state index is 10.9. The molecule has 1 rings (SSSR count). The van der Waals surface area contributed by atoms with Crippen molar-refractivity contribution in [3.63, 3.8) is 0 Å². The molecule has 0 aliphatic carbocycles. The molecule has 0 aromatic heterocycles. The fraction of sp³-hybridized carbons (Fsp3) is 0.500. The summed E-state index contributed by atoms with van der Waals surface area (Å²) in [5.41, 5.74) is 0.926. The normalized spacial score (nSPS) is 10.0. The van der Waals surface area contributed by atoms with Crippen LogP contribution in [0.5, 0.6) is 5.75 Å². The van der Waals surface area contributed by atoms with Crippen molar-refractivity contribution >= 4 is 5.69 Å². The number of hydrogen-bond donors (Lipinski definition) is 1. The van der Waals surface area contributed by atoms with Crippen LogP contribution in [0.3, 0.4) is 0 Å². The quantitative estimate of drug-likeness (QED) is 0.426. The number of hydrogen-bond acceptors (Lipinski definition) is 5. The third-order valence-corrected chi connectivity index (χ3v) is 2.74. The highest BCUT2D eigenvalue weighted by molar-refractivity contribution is 5.48. The molecule has 0 unspecified atom stereocenters. The first kappa shape index (κ1) is 15.9. The molecule has 0 fully saturated rings. The highest BCUT2D eigenvalue weighted by Gasteiger charge is 2.15. The molecule has 1 N–H and O–H groups in total. The van der Waals surface area contributed by atoms with E-state index in [9.17, 15) is 10.1 Å². The van der Waals surface area contributed by atoms with Gasteiger partial charge in [-0.1, -0.05) is 13.0 Å². The molecule has 6 heteroatoms. The van der Waals surface area contributed by atoms with E-state index in [0.29, 0.717) is 31.7 Å². The summed E-state index contributed by atoms with van der Waals surface area (Å²) < 4.78 is 5.49. The first-order valence-corrected chi connectivity index (χ1v) is 6.66. The summed E-state index contributed by atoms with van der Waals surface area (Å²) in [5.74, 6) is 0.294. The Morgan fingerprint density at radius 1 is 1.45 bits per heavy atom. The van der Waals surface area contributed by atoms with Gasteiger partial charge in [0.2, 0.25) is 0 Å². The van der Waals surface area contributed by atoms with Gasteiger partial charge in [-0.25, -0.2) is 0 Å². The highest BCUT2D eigenvalue weighted by Crippen LogP contribution is 2.28. The van der Waals surface area contributed by atoms with E-state index in [4.69, 9.17) is 10.00 Å². The van der Waals surface area contributed by atoms with Crippen molar-refractivity contribution in [2.45, 2.75) is 32.7 Å². The lowest BCUT2D eigenvalue weighted by atomic mass is 10.2. The number of benzene rings is 1. The number of nitrogens with one attached hydrogen (secondary N) is 1. The van der Waals surface area contributed by atoms with Crippen LogP contribution in [0, 0.1) is 21.4 Å². The number of nitro groups is 1. The molecule has 1 aromatic carbocycles. The van der Waals surface area contributed by atoms with Crippen LogP contribution in [0.2, 0.25) is 0 Å². The van der Waals surface area contributed by atoms with Crippen LogP contribution in [0.25, 0.3) is 0 Å². The molecule has 20 heavy (non-hydrogen) atoms. The zero-order valence-corrected chi connectivity index (χ0v) is 11.6. The molecule has 0 spiro atoms. The Morgan fingerprint density at radius 2 is 2.25 bits per heavy atom. The van der Waals surface area contributed by atoms with Crippen LogP contribution < -0.4 is 10.1 Å². The second kappa shape index (κ2) is 8.88. The summed E-state index contributed by atoms with van der Waals surface area (Å²) >= 11 is 0. The van der Waals surface area contributed by atoms with E-state index >= 15 is 0 Å². The van der Waals surface area contributed by atoms with E-state index in [1.54, 1.807) is 12.1 Å². The molecule has 1 aromatic rings. The van der Waals surface area contributed by atoms with E-state index in [1.165, 1.54) is 6.07 Å². The van der Waals surface area contributed by atoms with Crippen LogP contribution in [-0.4, -0.2) is 18.1 Å². The topological polar surface area (TPSA) is 88.2 Å². The zero-order valence-electron chi connectivity index (χ0n) is 11.6. The van der Waals surface area contributed by atoms with Crippen LogP contribution >= 0.6 is 0 Å². The molecule has 0 amide bonds. The van der Waals surface area contributed by atoms with Crippen molar-refractivity contribution in [3.05, 3.63) is 33.9 Å². The van der Waals surface area contributed by atoms with Crippen molar-refractivity contribution in [2.24, 2.45) is 0 Å². The molecule has 0 saturated carbocycles. The summed E-state index contributed by atoms with van der Waals surface area (Å²) in [6.07, 6.45) is 1.93. The first-order valence-electron chi connectivity index (χ1n) is 6.66. The van der Waals surface area contributed by atoms with Crippen molar-refractivity contribution < 1.29 is 9.66 Å². The fourth-order valence-corrected chi connectivity index (χ4v) is 1.69. The fourth-order valence-electron chi connectivity index (χ4n) is 1.69. The van der Waals surface area contributed by atoms with Crippen molar-refractivity contribution in [3.8, 4) is 11.8 Å².